The Morgan fingerprint density at radius 1 is 1.19 bits per heavy atom. The van der Waals surface area contributed by atoms with Gasteiger partial charge in [0.15, 0.2) is 17.6 Å². The molecular formula is C22H24O5. The van der Waals surface area contributed by atoms with Gasteiger partial charge in [-0.05, 0) is 25.3 Å². The minimum atomic E-state index is -0.705. The summed E-state index contributed by atoms with van der Waals surface area (Å²) in [4.78, 5) is 25.1. The van der Waals surface area contributed by atoms with E-state index in [1.54, 1.807) is 6.92 Å². The van der Waals surface area contributed by atoms with Gasteiger partial charge in [0, 0.05) is 17.4 Å². The maximum atomic E-state index is 12.8. The molecule has 27 heavy (non-hydrogen) atoms. The molecule has 1 unspecified atom stereocenters. The number of ketones is 1. The number of carbonyl (C=O) groups excluding carboxylic acids is 2. The average molecular weight is 368 g/mol. The van der Waals surface area contributed by atoms with Crippen molar-refractivity contribution in [1.82, 2.24) is 0 Å². The smallest absolute Gasteiger partial charge is 0.346 e. The number of cyclic esters (lactones) is 1. The Bertz CT molecular complexity index is 914. The molecule has 0 bridgehead atoms. The minimum absolute atomic E-state index is 0.00743. The fourth-order valence-corrected chi connectivity index (χ4v) is 4.34. The van der Waals surface area contributed by atoms with E-state index < -0.39 is 17.9 Å². The van der Waals surface area contributed by atoms with Crippen LogP contribution in [0.25, 0.3) is 11.0 Å². The number of furan rings is 1. The molecule has 4 rings (SSSR count). The molecular weight excluding hydrogens is 344 g/mol. The van der Waals surface area contributed by atoms with Gasteiger partial charge >= 0.3 is 5.97 Å². The third-order valence-corrected chi connectivity index (χ3v) is 5.80. The van der Waals surface area contributed by atoms with Crippen LogP contribution in [0.15, 0.2) is 40.0 Å². The number of benzene rings is 1. The second-order valence-electron chi connectivity index (χ2n) is 7.63. The molecule has 2 aliphatic rings. The van der Waals surface area contributed by atoms with Crippen molar-refractivity contribution in [2.45, 2.75) is 58.0 Å². The SMILES string of the molecule is Cc1oc2ccccc2c1CC(=O)C1=C(O)C(CC2CCCCC2)OC1=O. The summed E-state index contributed by atoms with van der Waals surface area (Å²) in [6.45, 7) is 1.80. The predicted molar refractivity (Wildman–Crippen MR) is 100 cm³/mol. The highest BCUT2D eigenvalue weighted by Crippen LogP contribution is 2.34. The predicted octanol–water partition coefficient (Wildman–Crippen LogP) is 4.56. The van der Waals surface area contributed by atoms with Crippen molar-refractivity contribution in [2.75, 3.05) is 0 Å². The van der Waals surface area contributed by atoms with Gasteiger partial charge in [-0.3, -0.25) is 4.79 Å². The van der Waals surface area contributed by atoms with Crippen LogP contribution in [0.5, 0.6) is 0 Å². The molecule has 1 aromatic carbocycles. The van der Waals surface area contributed by atoms with Crippen LogP contribution in [0.1, 0.15) is 49.8 Å². The van der Waals surface area contributed by atoms with Gasteiger partial charge in [-0.15, -0.1) is 0 Å². The van der Waals surface area contributed by atoms with Gasteiger partial charge in [0.1, 0.15) is 16.9 Å². The largest absolute Gasteiger partial charge is 0.507 e. The fourth-order valence-electron chi connectivity index (χ4n) is 4.34. The van der Waals surface area contributed by atoms with E-state index in [9.17, 15) is 14.7 Å². The van der Waals surface area contributed by atoms with E-state index in [1.165, 1.54) is 19.3 Å². The minimum Gasteiger partial charge on any atom is -0.507 e. The van der Waals surface area contributed by atoms with E-state index >= 15 is 0 Å². The van der Waals surface area contributed by atoms with Crippen LogP contribution in [0.2, 0.25) is 0 Å². The van der Waals surface area contributed by atoms with E-state index in [0.717, 1.165) is 23.8 Å². The van der Waals surface area contributed by atoms with Gasteiger partial charge in [-0.1, -0.05) is 50.3 Å². The van der Waals surface area contributed by atoms with E-state index in [0.29, 0.717) is 23.7 Å². The lowest BCUT2D eigenvalue weighted by Crippen LogP contribution is -2.18. The van der Waals surface area contributed by atoms with Gasteiger partial charge in [0.2, 0.25) is 0 Å². The molecule has 0 amide bonds. The Kier molecular flexibility index (Phi) is 4.77. The van der Waals surface area contributed by atoms with Gasteiger partial charge in [-0.2, -0.15) is 0 Å². The van der Waals surface area contributed by atoms with E-state index in [-0.39, 0.29) is 17.8 Å². The molecule has 2 aromatic rings. The molecule has 0 saturated heterocycles. The van der Waals surface area contributed by atoms with Crippen molar-refractivity contribution in [2.24, 2.45) is 5.92 Å². The van der Waals surface area contributed by atoms with Crippen molar-refractivity contribution in [3.05, 3.63) is 46.9 Å². The number of Topliss-reactive ketones (excluding diaryl/α,β-unsaturated/α-hetero) is 1. The Morgan fingerprint density at radius 3 is 2.70 bits per heavy atom. The maximum absolute atomic E-state index is 12.8. The number of hydrogen-bond acceptors (Lipinski definition) is 5. The Hall–Kier alpha value is -2.56. The molecule has 1 atom stereocenters. The molecule has 0 spiro atoms. The first-order chi connectivity index (χ1) is 13.0. The Balaban J connectivity index is 1.54. The molecule has 1 saturated carbocycles. The van der Waals surface area contributed by atoms with Crippen LogP contribution in [0.3, 0.4) is 0 Å². The molecule has 1 N–H and O–H groups in total. The first-order valence-corrected chi connectivity index (χ1v) is 9.69. The zero-order chi connectivity index (χ0) is 19.0. The standard InChI is InChI=1S/C22H24O5/c1-13-16(15-9-5-6-10-18(15)26-13)12-17(23)20-21(24)19(27-22(20)25)11-14-7-3-2-4-8-14/h5-6,9-10,14,19,24H,2-4,7-8,11-12H2,1H3. The molecule has 0 radical (unpaired) electrons. The normalized spacial score (nSPS) is 21.1. The van der Waals surface area contributed by atoms with Gasteiger partial charge in [0.05, 0.1) is 0 Å². The summed E-state index contributed by atoms with van der Waals surface area (Å²) >= 11 is 0. The summed E-state index contributed by atoms with van der Waals surface area (Å²) in [6, 6.07) is 7.49. The number of para-hydroxylation sites is 1. The van der Waals surface area contributed by atoms with Crippen LogP contribution in [0, 0.1) is 12.8 Å². The van der Waals surface area contributed by atoms with Crippen LogP contribution < -0.4 is 0 Å². The van der Waals surface area contributed by atoms with Gasteiger partial charge in [0.25, 0.3) is 0 Å². The third kappa shape index (κ3) is 3.38. The summed E-state index contributed by atoms with van der Waals surface area (Å²) in [5.41, 5.74) is 1.26. The van der Waals surface area contributed by atoms with Crippen molar-refractivity contribution in [1.29, 1.82) is 0 Å². The van der Waals surface area contributed by atoms with E-state index in [1.807, 2.05) is 24.3 Å². The zero-order valence-electron chi connectivity index (χ0n) is 15.5. The number of ether oxygens (including phenoxy) is 1. The average Bonchev–Trinajstić information content (AvgIpc) is 3.12. The quantitative estimate of drug-likeness (QED) is 0.618. The highest BCUT2D eigenvalue weighted by molar-refractivity contribution is 6.20. The Labute approximate surface area is 158 Å². The molecule has 5 nitrogen and oxygen atoms in total. The van der Waals surface area contributed by atoms with Gasteiger partial charge in [-0.25, -0.2) is 4.79 Å². The molecule has 5 heteroatoms. The summed E-state index contributed by atoms with van der Waals surface area (Å²) < 4.78 is 11.0. The lowest BCUT2D eigenvalue weighted by molar-refractivity contribution is -0.141. The molecule has 1 aliphatic carbocycles. The van der Waals surface area contributed by atoms with Crippen LogP contribution >= 0.6 is 0 Å². The number of rotatable bonds is 5. The highest BCUT2D eigenvalue weighted by Gasteiger charge is 2.39. The number of hydrogen-bond donors (Lipinski definition) is 1. The number of esters is 1. The summed E-state index contributed by atoms with van der Waals surface area (Å²) in [5, 5.41) is 11.4. The highest BCUT2D eigenvalue weighted by atomic mass is 16.6. The first kappa shape index (κ1) is 17.8. The van der Waals surface area contributed by atoms with E-state index in [4.69, 9.17) is 9.15 Å². The molecule has 1 aliphatic heterocycles. The van der Waals surface area contributed by atoms with E-state index in [2.05, 4.69) is 0 Å². The lowest BCUT2D eigenvalue weighted by Gasteiger charge is -2.23. The van der Waals surface area contributed by atoms with Gasteiger partial charge < -0.3 is 14.3 Å². The van der Waals surface area contributed by atoms with Crippen LogP contribution in [0.4, 0.5) is 0 Å². The topological polar surface area (TPSA) is 76.7 Å². The van der Waals surface area contributed by atoms with Crippen molar-refractivity contribution in [3.63, 3.8) is 0 Å². The van der Waals surface area contributed by atoms with Crippen molar-refractivity contribution >= 4 is 22.7 Å². The third-order valence-electron chi connectivity index (χ3n) is 5.80. The van der Waals surface area contributed by atoms with Crippen LogP contribution in [-0.4, -0.2) is 23.0 Å². The molecule has 1 aromatic heterocycles. The number of aliphatic hydroxyl groups is 1. The monoisotopic (exact) mass is 368 g/mol. The maximum Gasteiger partial charge on any atom is 0.346 e. The molecule has 2 heterocycles. The summed E-state index contributed by atoms with van der Waals surface area (Å²) in [5.74, 6) is -0.230. The van der Waals surface area contributed by atoms with Crippen molar-refractivity contribution < 1.29 is 23.8 Å². The second kappa shape index (κ2) is 7.22. The zero-order valence-corrected chi connectivity index (χ0v) is 15.5. The van der Waals surface area contributed by atoms with Crippen molar-refractivity contribution in [3.8, 4) is 0 Å². The number of aryl methyl sites for hydroxylation is 1. The number of fused-ring (bicyclic) bond motifs is 1. The number of aliphatic hydroxyl groups excluding tert-OH is 1. The summed E-state index contributed by atoms with van der Waals surface area (Å²) in [7, 11) is 0. The van der Waals surface area contributed by atoms with Crippen LogP contribution in [-0.2, 0) is 20.7 Å². The first-order valence-electron chi connectivity index (χ1n) is 9.69. The number of carbonyl (C=O) groups is 2. The molecule has 1 fully saturated rings. The Morgan fingerprint density at radius 2 is 1.93 bits per heavy atom. The fraction of sp³-hybridized carbons (Fsp3) is 0.455. The molecule has 142 valence electrons. The second-order valence-corrected chi connectivity index (χ2v) is 7.63. The summed E-state index contributed by atoms with van der Waals surface area (Å²) in [6.07, 6.45) is 5.69. The lowest BCUT2D eigenvalue weighted by atomic mass is 9.85.